The number of ether oxygens (including phenoxy) is 2. The molecule has 0 bridgehead atoms. The molecule has 0 aromatic heterocycles. The molecule has 0 fully saturated rings. The van der Waals surface area contributed by atoms with Crippen LogP contribution in [0.4, 0.5) is 11.4 Å². The number of para-hydroxylation sites is 1. The van der Waals surface area contributed by atoms with Crippen molar-refractivity contribution in [3.8, 4) is 11.5 Å². The van der Waals surface area contributed by atoms with Gasteiger partial charge in [-0.2, -0.15) is 0 Å². The Balaban J connectivity index is 2.15. The molecule has 0 amide bonds. The fraction of sp³-hybridized carbons (Fsp3) is 0.333. The Labute approximate surface area is 203 Å². The smallest absolute Gasteiger partial charge is 0.258 e. The van der Waals surface area contributed by atoms with Gasteiger partial charge in [-0.05, 0) is 60.5 Å². The summed E-state index contributed by atoms with van der Waals surface area (Å²) in [6.07, 6.45) is 1.77. The lowest BCUT2D eigenvalue weighted by atomic mass is 10.2. The Bertz CT molecular complexity index is 1090. The van der Waals surface area contributed by atoms with E-state index in [9.17, 15) is 4.57 Å². The number of rotatable bonds is 12. The maximum absolute atomic E-state index is 14.9. The highest BCUT2D eigenvalue weighted by atomic mass is 31.2. The van der Waals surface area contributed by atoms with E-state index in [-0.39, 0.29) is 0 Å². The van der Waals surface area contributed by atoms with Crippen LogP contribution in [0.25, 0.3) is 0 Å². The van der Waals surface area contributed by atoms with Crippen LogP contribution in [0, 0.1) is 0 Å². The number of methoxy groups -OCH3 is 2. The minimum absolute atomic E-state index is 0.406. The number of hydrogen-bond donors (Lipinski definition) is 1. The second-order valence-electron chi connectivity index (χ2n) is 8.22. The number of nitrogens with one attached hydrogen (secondary N) is 1. The molecule has 2 atom stereocenters. The van der Waals surface area contributed by atoms with Gasteiger partial charge in [0.05, 0.1) is 20.8 Å². The zero-order chi connectivity index (χ0) is 24.6. The van der Waals surface area contributed by atoms with Crippen molar-refractivity contribution in [1.29, 1.82) is 0 Å². The van der Waals surface area contributed by atoms with Crippen LogP contribution in [0.2, 0.25) is 0 Å². The summed E-state index contributed by atoms with van der Waals surface area (Å²) in [6.45, 7) is 2.50. The Kier molecular flexibility index (Phi) is 9.03. The number of hydrogen-bond acceptors (Lipinski definition) is 6. The minimum Gasteiger partial charge on any atom is -0.493 e. The summed E-state index contributed by atoms with van der Waals surface area (Å²) < 4.78 is 32.1. The van der Waals surface area contributed by atoms with Gasteiger partial charge in [-0.3, -0.25) is 4.57 Å². The van der Waals surface area contributed by atoms with E-state index in [0.717, 1.165) is 29.8 Å². The number of anilines is 2. The molecule has 7 heteroatoms. The Morgan fingerprint density at radius 3 is 2.18 bits per heavy atom. The number of benzene rings is 3. The third-order valence-corrected chi connectivity index (χ3v) is 8.34. The van der Waals surface area contributed by atoms with Crippen molar-refractivity contribution >= 4 is 24.0 Å². The van der Waals surface area contributed by atoms with Gasteiger partial charge in [-0.1, -0.05) is 37.6 Å². The molecular weight excluding hydrogens is 447 g/mol. The SMILES string of the molecule is CCCCO[P@](=O)(c1ccc(N(C)C)cc1)[C@@H](Nc1ccccc1)c1ccc(OC)c(OC)c1. The molecule has 0 saturated carbocycles. The van der Waals surface area contributed by atoms with E-state index in [0.29, 0.717) is 23.4 Å². The van der Waals surface area contributed by atoms with E-state index in [1.54, 1.807) is 14.2 Å². The summed E-state index contributed by atoms with van der Waals surface area (Å²) >= 11 is 0. The van der Waals surface area contributed by atoms with Crippen molar-refractivity contribution in [1.82, 2.24) is 0 Å². The topological polar surface area (TPSA) is 60.0 Å². The molecule has 0 aliphatic carbocycles. The van der Waals surface area contributed by atoms with Crippen LogP contribution in [0.5, 0.6) is 11.5 Å². The van der Waals surface area contributed by atoms with Crippen LogP contribution in [-0.2, 0) is 9.09 Å². The fourth-order valence-corrected chi connectivity index (χ4v) is 6.11. The van der Waals surface area contributed by atoms with Crippen molar-refractivity contribution in [2.24, 2.45) is 0 Å². The molecule has 6 nitrogen and oxygen atoms in total. The van der Waals surface area contributed by atoms with Crippen LogP contribution in [0.15, 0.2) is 72.8 Å². The first kappa shape index (κ1) is 25.7. The molecule has 0 radical (unpaired) electrons. The largest absolute Gasteiger partial charge is 0.493 e. The zero-order valence-corrected chi connectivity index (χ0v) is 21.5. The van der Waals surface area contributed by atoms with Crippen molar-refractivity contribution in [3.05, 3.63) is 78.4 Å². The lowest BCUT2D eigenvalue weighted by Crippen LogP contribution is -2.21. The van der Waals surface area contributed by atoms with E-state index in [1.807, 2.05) is 91.8 Å². The van der Waals surface area contributed by atoms with Gasteiger partial charge in [0.1, 0.15) is 5.78 Å². The molecule has 0 aliphatic heterocycles. The molecule has 3 rings (SSSR count). The van der Waals surface area contributed by atoms with E-state index >= 15 is 0 Å². The molecule has 3 aromatic carbocycles. The lowest BCUT2D eigenvalue weighted by molar-refractivity contribution is 0.308. The number of nitrogens with zero attached hydrogens (tertiary/aromatic N) is 1. The van der Waals surface area contributed by atoms with Crippen LogP contribution in [-0.4, -0.2) is 34.9 Å². The molecule has 0 saturated heterocycles. The molecule has 0 unspecified atom stereocenters. The summed E-state index contributed by atoms with van der Waals surface area (Å²) in [5.74, 6) is 0.557. The van der Waals surface area contributed by atoms with Gasteiger partial charge in [-0.15, -0.1) is 0 Å². The predicted octanol–water partition coefficient (Wildman–Crippen LogP) is 6.30. The Morgan fingerprint density at radius 1 is 0.912 bits per heavy atom. The lowest BCUT2D eigenvalue weighted by Gasteiger charge is -2.30. The van der Waals surface area contributed by atoms with Crippen LogP contribution < -0.4 is 25.0 Å². The summed E-state index contributed by atoms with van der Waals surface area (Å²) in [7, 11) is 3.73. The zero-order valence-electron chi connectivity index (χ0n) is 20.7. The van der Waals surface area contributed by atoms with Crippen molar-refractivity contribution in [2.45, 2.75) is 25.5 Å². The highest BCUT2D eigenvalue weighted by Gasteiger charge is 2.38. The van der Waals surface area contributed by atoms with Gasteiger partial charge < -0.3 is 24.2 Å². The third kappa shape index (κ3) is 5.94. The Morgan fingerprint density at radius 2 is 1.59 bits per heavy atom. The summed E-state index contributed by atoms with van der Waals surface area (Å²) in [5, 5.41) is 4.16. The van der Waals surface area contributed by atoms with Crippen LogP contribution >= 0.6 is 7.37 Å². The van der Waals surface area contributed by atoms with Gasteiger partial charge in [0.2, 0.25) is 0 Å². The predicted molar refractivity (Wildman–Crippen MR) is 141 cm³/mol. The molecule has 0 aliphatic rings. The first-order chi connectivity index (χ1) is 16.4. The van der Waals surface area contributed by atoms with Crippen LogP contribution in [0.1, 0.15) is 31.1 Å². The van der Waals surface area contributed by atoms with E-state index in [2.05, 4.69) is 12.2 Å². The maximum Gasteiger partial charge on any atom is 0.258 e. The van der Waals surface area contributed by atoms with Crippen LogP contribution in [0.3, 0.4) is 0 Å². The molecule has 3 aromatic rings. The average molecular weight is 483 g/mol. The fourth-order valence-electron chi connectivity index (χ4n) is 3.68. The molecule has 182 valence electrons. The van der Waals surface area contributed by atoms with Gasteiger partial charge in [0.25, 0.3) is 7.37 Å². The molecule has 0 heterocycles. The molecule has 0 spiro atoms. The van der Waals surface area contributed by atoms with Gasteiger partial charge in [-0.25, -0.2) is 0 Å². The summed E-state index contributed by atoms with van der Waals surface area (Å²) in [5.41, 5.74) is 2.67. The van der Waals surface area contributed by atoms with Crippen molar-refractivity contribution < 1.29 is 18.6 Å². The Hall–Kier alpha value is -2.95. The quantitative estimate of drug-likeness (QED) is 0.241. The van der Waals surface area contributed by atoms with Crippen molar-refractivity contribution in [3.63, 3.8) is 0 Å². The summed E-state index contributed by atoms with van der Waals surface area (Å²) in [4.78, 5) is 2.01. The van der Waals surface area contributed by atoms with Gasteiger partial charge >= 0.3 is 0 Å². The third-order valence-electron chi connectivity index (χ3n) is 5.65. The monoisotopic (exact) mass is 482 g/mol. The van der Waals surface area contributed by atoms with E-state index < -0.39 is 13.2 Å². The average Bonchev–Trinajstić information content (AvgIpc) is 2.87. The standard InChI is InChI=1S/C27H35N2O4P/c1-6-7-19-33-34(30,24-16-14-23(15-17-24)29(2)3)27(28-22-11-9-8-10-12-22)21-13-18-25(31-4)26(20-21)32-5/h8-18,20,27-28H,6-7,19H2,1-5H3/t27-,34-/m1/s1. The number of unbranched alkanes of at least 4 members (excludes halogenated alkanes) is 1. The first-order valence-corrected chi connectivity index (χ1v) is 13.2. The summed E-state index contributed by atoms with van der Waals surface area (Å²) in [6, 6.07) is 23.1. The van der Waals surface area contributed by atoms with E-state index in [4.69, 9.17) is 14.0 Å². The first-order valence-electron chi connectivity index (χ1n) is 11.5. The van der Waals surface area contributed by atoms with Crippen molar-refractivity contribution in [2.75, 3.05) is 45.1 Å². The highest BCUT2D eigenvalue weighted by Crippen LogP contribution is 2.59. The van der Waals surface area contributed by atoms with E-state index in [1.165, 1.54) is 0 Å². The molecular formula is C27H35N2O4P. The second kappa shape index (κ2) is 12.0. The second-order valence-corrected chi connectivity index (χ2v) is 10.7. The highest BCUT2D eigenvalue weighted by molar-refractivity contribution is 7.67. The normalized spacial score (nSPS) is 13.6. The van der Waals surface area contributed by atoms with Gasteiger partial charge in [0.15, 0.2) is 11.5 Å². The molecule has 34 heavy (non-hydrogen) atoms. The van der Waals surface area contributed by atoms with Gasteiger partial charge in [0, 0.05) is 30.8 Å². The maximum atomic E-state index is 14.9. The minimum atomic E-state index is -3.43. The molecule has 1 N–H and O–H groups in total.